The lowest BCUT2D eigenvalue weighted by Gasteiger charge is -2.44. The molecule has 0 bridgehead atoms. The van der Waals surface area contributed by atoms with E-state index in [1.807, 2.05) is 43.3 Å². The van der Waals surface area contributed by atoms with Gasteiger partial charge in [-0.3, -0.25) is 4.79 Å². The number of ether oxygens (including phenoxy) is 1. The standard InChI is InChI=1S/C30H38ClN3O5/c1-20-8-4-9-22(16-20)27-25(11-5-12-26(27)31)30(38,13-7-14-33-29(37)39-3)23-10-6-15-34(19-23)28(36)21(2)17-24(35)18-32/h4-5,8-9,11-12,16-17,23,35,38H,2,6-7,10,13-15,18-19,32H2,1,3H3,(H,33,37)/b24-17-/t23-,30+/m1/s1. The van der Waals surface area contributed by atoms with Gasteiger partial charge in [-0.1, -0.05) is 60.1 Å². The molecule has 3 rings (SSSR count). The van der Waals surface area contributed by atoms with Crippen LogP contribution in [-0.2, 0) is 15.1 Å². The second-order valence-corrected chi connectivity index (χ2v) is 10.3. The third-order valence-corrected chi connectivity index (χ3v) is 7.50. The summed E-state index contributed by atoms with van der Waals surface area (Å²) >= 11 is 6.76. The zero-order chi connectivity index (χ0) is 28.6. The van der Waals surface area contributed by atoms with Crippen molar-refractivity contribution in [3.63, 3.8) is 0 Å². The number of aliphatic hydroxyl groups excluding tert-OH is 1. The molecule has 2 aromatic carbocycles. The Bertz CT molecular complexity index is 1230. The second kappa shape index (κ2) is 13.6. The molecule has 1 heterocycles. The van der Waals surface area contributed by atoms with Crippen molar-refractivity contribution >= 4 is 23.6 Å². The molecule has 210 valence electrons. The topological polar surface area (TPSA) is 125 Å². The molecule has 39 heavy (non-hydrogen) atoms. The van der Waals surface area contributed by atoms with E-state index in [9.17, 15) is 19.8 Å². The smallest absolute Gasteiger partial charge is 0.406 e. The Morgan fingerprint density at radius 2 is 2.05 bits per heavy atom. The minimum atomic E-state index is -1.36. The van der Waals surface area contributed by atoms with E-state index in [0.717, 1.165) is 16.7 Å². The number of aryl methyl sites for hydroxylation is 1. The second-order valence-electron chi connectivity index (χ2n) is 9.93. The highest BCUT2D eigenvalue weighted by molar-refractivity contribution is 6.33. The number of methoxy groups -OCH3 is 1. The van der Waals surface area contributed by atoms with Crippen molar-refractivity contribution in [3.05, 3.63) is 82.6 Å². The van der Waals surface area contributed by atoms with E-state index >= 15 is 0 Å². The Morgan fingerprint density at radius 1 is 1.31 bits per heavy atom. The number of halogens is 1. The molecule has 0 aliphatic carbocycles. The van der Waals surface area contributed by atoms with Crippen molar-refractivity contribution in [1.29, 1.82) is 0 Å². The van der Waals surface area contributed by atoms with E-state index in [-0.39, 0.29) is 36.2 Å². The summed E-state index contributed by atoms with van der Waals surface area (Å²) in [5, 5.41) is 25.5. The molecule has 0 radical (unpaired) electrons. The summed E-state index contributed by atoms with van der Waals surface area (Å²) in [5.41, 5.74) is 7.59. The van der Waals surface area contributed by atoms with Crippen LogP contribution in [0.3, 0.4) is 0 Å². The molecule has 5 N–H and O–H groups in total. The van der Waals surface area contributed by atoms with Gasteiger partial charge in [0, 0.05) is 41.7 Å². The van der Waals surface area contributed by atoms with Crippen LogP contribution in [0.15, 0.2) is 66.5 Å². The molecule has 9 heteroatoms. The molecule has 0 aromatic heterocycles. The van der Waals surface area contributed by atoms with Gasteiger partial charge in [-0.2, -0.15) is 0 Å². The summed E-state index contributed by atoms with van der Waals surface area (Å²) in [6.45, 7) is 6.82. The monoisotopic (exact) mass is 555 g/mol. The third-order valence-electron chi connectivity index (χ3n) is 7.18. The van der Waals surface area contributed by atoms with Crippen LogP contribution in [0.25, 0.3) is 11.1 Å². The zero-order valence-corrected chi connectivity index (χ0v) is 23.3. The first-order chi connectivity index (χ1) is 18.6. The first-order valence-electron chi connectivity index (χ1n) is 13.1. The Labute approximate surface area is 235 Å². The normalized spacial score (nSPS) is 17.3. The Balaban J connectivity index is 2.01. The van der Waals surface area contributed by atoms with Crippen LogP contribution < -0.4 is 11.1 Å². The number of nitrogens with one attached hydrogen (secondary N) is 1. The average Bonchev–Trinajstić information content (AvgIpc) is 2.94. The first kappa shape index (κ1) is 30.2. The molecule has 1 aliphatic heterocycles. The Kier molecular flexibility index (Phi) is 10.6. The van der Waals surface area contributed by atoms with E-state index in [1.165, 1.54) is 13.2 Å². The van der Waals surface area contributed by atoms with E-state index in [1.54, 1.807) is 11.0 Å². The zero-order valence-electron chi connectivity index (χ0n) is 22.6. The molecular formula is C30H38ClN3O5. The highest BCUT2D eigenvalue weighted by Crippen LogP contribution is 2.45. The van der Waals surface area contributed by atoms with Crippen LogP contribution in [0.5, 0.6) is 0 Å². The molecule has 2 aromatic rings. The van der Waals surface area contributed by atoms with Crippen LogP contribution in [0.1, 0.15) is 36.8 Å². The summed E-state index contributed by atoms with van der Waals surface area (Å²) in [6.07, 6.45) is 2.89. The number of benzene rings is 2. The van der Waals surface area contributed by atoms with Crippen LogP contribution in [-0.4, -0.2) is 60.4 Å². The van der Waals surface area contributed by atoms with Gasteiger partial charge < -0.3 is 30.9 Å². The van der Waals surface area contributed by atoms with Crippen LogP contribution in [0.4, 0.5) is 4.79 Å². The van der Waals surface area contributed by atoms with Gasteiger partial charge in [-0.05, 0) is 55.9 Å². The summed E-state index contributed by atoms with van der Waals surface area (Å²) in [6, 6.07) is 13.5. The van der Waals surface area contributed by atoms with Gasteiger partial charge in [0.15, 0.2) is 0 Å². The number of carbonyl (C=O) groups excluding carboxylic acids is 2. The SMILES string of the molecule is C=C(/C=C(\O)CN)C(=O)N1CCC[C@@H]([C@@](O)(CCCNC(=O)OC)c2cccc(Cl)c2-c2cccc(C)c2)C1. The largest absolute Gasteiger partial charge is 0.511 e. The number of likely N-dealkylation sites (tertiary alicyclic amines) is 1. The van der Waals surface area contributed by atoms with Crippen molar-refractivity contribution in [1.82, 2.24) is 10.2 Å². The van der Waals surface area contributed by atoms with Crippen molar-refractivity contribution in [2.75, 3.05) is 33.3 Å². The summed E-state index contributed by atoms with van der Waals surface area (Å²) in [5.74, 6) is -0.770. The summed E-state index contributed by atoms with van der Waals surface area (Å²) < 4.78 is 4.67. The number of nitrogens with zero attached hydrogens (tertiary/aromatic N) is 1. The van der Waals surface area contributed by atoms with Crippen LogP contribution in [0, 0.1) is 12.8 Å². The Hall–Kier alpha value is -3.33. The lowest BCUT2D eigenvalue weighted by atomic mass is 9.72. The molecular weight excluding hydrogens is 518 g/mol. The molecule has 2 atom stereocenters. The van der Waals surface area contributed by atoms with E-state index in [0.29, 0.717) is 49.4 Å². The number of hydrogen-bond acceptors (Lipinski definition) is 6. The van der Waals surface area contributed by atoms with Gasteiger partial charge in [0.1, 0.15) is 5.76 Å². The lowest BCUT2D eigenvalue weighted by molar-refractivity contribution is -0.132. The van der Waals surface area contributed by atoms with Gasteiger partial charge in [-0.25, -0.2) is 4.79 Å². The molecule has 0 spiro atoms. The van der Waals surface area contributed by atoms with Gasteiger partial charge in [0.05, 0.1) is 19.3 Å². The third kappa shape index (κ3) is 7.41. The van der Waals surface area contributed by atoms with E-state index in [4.69, 9.17) is 17.3 Å². The fraction of sp³-hybridized carbons (Fsp3) is 0.400. The molecule has 1 aliphatic rings. The van der Waals surface area contributed by atoms with Crippen molar-refractivity contribution in [2.45, 2.75) is 38.2 Å². The minimum Gasteiger partial charge on any atom is -0.511 e. The molecule has 0 saturated carbocycles. The maximum Gasteiger partial charge on any atom is 0.406 e. The maximum absolute atomic E-state index is 13.2. The lowest BCUT2D eigenvalue weighted by Crippen LogP contribution is -2.48. The predicted octanol–water partition coefficient (Wildman–Crippen LogP) is 4.83. The van der Waals surface area contributed by atoms with Gasteiger partial charge in [0.25, 0.3) is 5.91 Å². The van der Waals surface area contributed by atoms with Gasteiger partial charge in [0.2, 0.25) is 0 Å². The number of nitrogens with two attached hydrogens (primary N) is 1. The molecule has 2 amide bonds. The van der Waals surface area contributed by atoms with Crippen molar-refractivity contribution in [2.24, 2.45) is 11.7 Å². The van der Waals surface area contributed by atoms with Crippen LogP contribution in [0.2, 0.25) is 5.02 Å². The minimum absolute atomic E-state index is 0.0925. The highest BCUT2D eigenvalue weighted by atomic mass is 35.5. The van der Waals surface area contributed by atoms with Crippen LogP contribution >= 0.6 is 11.6 Å². The molecule has 0 unspecified atom stereocenters. The number of aliphatic hydroxyl groups is 2. The first-order valence-corrected chi connectivity index (χ1v) is 13.5. The van der Waals surface area contributed by atoms with Gasteiger partial charge in [-0.15, -0.1) is 0 Å². The summed E-state index contributed by atoms with van der Waals surface area (Å²) in [4.78, 5) is 26.4. The molecule has 1 saturated heterocycles. The number of alkyl carbamates (subject to hydrolysis) is 1. The molecule has 8 nitrogen and oxygen atoms in total. The van der Waals surface area contributed by atoms with E-state index < -0.39 is 11.7 Å². The fourth-order valence-corrected chi connectivity index (χ4v) is 5.52. The predicted molar refractivity (Wildman–Crippen MR) is 153 cm³/mol. The molecule has 1 fully saturated rings. The quantitative estimate of drug-likeness (QED) is 0.144. The average molecular weight is 556 g/mol. The number of piperidine rings is 1. The van der Waals surface area contributed by atoms with Gasteiger partial charge >= 0.3 is 6.09 Å². The number of amides is 2. The van der Waals surface area contributed by atoms with Crippen molar-refractivity contribution < 1.29 is 24.5 Å². The summed E-state index contributed by atoms with van der Waals surface area (Å²) in [7, 11) is 1.30. The maximum atomic E-state index is 13.2. The Morgan fingerprint density at radius 3 is 2.74 bits per heavy atom. The number of hydrogen-bond donors (Lipinski definition) is 4. The highest BCUT2D eigenvalue weighted by Gasteiger charge is 2.43. The van der Waals surface area contributed by atoms with E-state index in [2.05, 4.69) is 16.6 Å². The number of rotatable bonds is 10. The van der Waals surface area contributed by atoms with Crippen molar-refractivity contribution in [3.8, 4) is 11.1 Å². The fourth-order valence-electron chi connectivity index (χ4n) is 5.23. The number of carbonyl (C=O) groups is 2.